The van der Waals surface area contributed by atoms with E-state index in [1.165, 1.54) is 65.2 Å². The Balaban J connectivity index is 3.81. The van der Waals surface area contributed by atoms with Crippen molar-refractivity contribution in [2.45, 2.75) is 104 Å². The maximum absolute atomic E-state index is 11.1. The predicted octanol–water partition coefficient (Wildman–Crippen LogP) is 5.20. The third-order valence-corrected chi connectivity index (χ3v) is 4.00. The van der Waals surface area contributed by atoms with E-state index in [2.05, 4.69) is 6.92 Å². The molecule has 5 heteroatoms. The molecule has 0 saturated heterocycles. The molecule has 0 spiro atoms. The van der Waals surface area contributed by atoms with Gasteiger partial charge in [0.25, 0.3) is 0 Å². The van der Waals surface area contributed by atoms with Crippen LogP contribution in [0.5, 0.6) is 0 Å². The highest BCUT2D eigenvalue weighted by Crippen LogP contribution is 2.12. The second kappa shape index (κ2) is 18.7. The molecule has 0 aliphatic rings. The van der Waals surface area contributed by atoms with Crippen LogP contribution in [0.4, 0.5) is 0 Å². The lowest BCUT2D eigenvalue weighted by Gasteiger charge is -2.16. The van der Waals surface area contributed by atoms with Gasteiger partial charge >= 0.3 is 11.9 Å². The molecule has 2 unspecified atom stereocenters. The number of carbonyl (C=O) groups is 2. The van der Waals surface area contributed by atoms with Crippen LogP contribution in [-0.2, 0) is 23.8 Å². The highest BCUT2D eigenvalue weighted by Gasteiger charge is 2.14. The first kappa shape index (κ1) is 21.2. The Morgan fingerprint density at radius 2 is 1.35 bits per heavy atom. The maximum atomic E-state index is 11.1. The second-order valence-electron chi connectivity index (χ2n) is 6.71. The minimum atomic E-state index is -1.01. The van der Waals surface area contributed by atoms with E-state index in [1.54, 1.807) is 0 Å². The van der Waals surface area contributed by atoms with Gasteiger partial charge in [0.05, 0.1) is 7.98 Å². The van der Waals surface area contributed by atoms with E-state index in [0.29, 0.717) is 6.42 Å². The average molecular weight is 377 g/mol. The Kier molecular flexibility index (Phi) is 15.2. The molecule has 0 aromatic rings. The standard InChI is InChI=1S/C21H40O5/c1-4-5-6-7-8-9-10-11-12-13-14-15-16-24-17-21(26-20(3)23)18-25-19(2)22/h21H,4-18H2,1-3H3/t21-/m1/s1/i15T,16T/t15?,16?,21-. The zero-order chi connectivity index (χ0) is 21.2. The summed E-state index contributed by atoms with van der Waals surface area (Å²) in [6, 6.07) is 0. The average Bonchev–Trinajstić information content (AvgIpc) is 2.64. The van der Waals surface area contributed by atoms with Crippen LogP contribution < -0.4 is 0 Å². The molecule has 154 valence electrons. The summed E-state index contributed by atoms with van der Waals surface area (Å²) in [4.78, 5) is 22.0. The minimum Gasteiger partial charge on any atom is -0.462 e. The highest BCUT2D eigenvalue weighted by molar-refractivity contribution is 5.67. The Morgan fingerprint density at radius 3 is 1.85 bits per heavy atom. The molecule has 0 aliphatic heterocycles. The van der Waals surface area contributed by atoms with Crippen LogP contribution in [0.2, 0.25) is 0 Å². The summed E-state index contributed by atoms with van der Waals surface area (Å²) in [5.74, 6) is -0.978. The van der Waals surface area contributed by atoms with E-state index < -0.39 is 31.0 Å². The number of ether oxygens (including phenoxy) is 3. The van der Waals surface area contributed by atoms with E-state index in [9.17, 15) is 9.59 Å². The summed E-state index contributed by atoms with van der Waals surface area (Å²) in [6.07, 6.45) is 11.6. The van der Waals surface area contributed by atoms with Crippen molar-refractivity contribution in [3.05, 3.63) is 0 Å². The molecule has 0 amide bonds. The maximum Gasteiger partial charge on any atom is 0.303 e. The lowest BCUT2D eigenvalue weighted by Crippen LogP contribution is -2.28. The van der Waals surface area contributed by atoms with Gasteiger partial charge in [0, 0.05) is 21.8 Å². The van der Waals surface area contributed by atoms with Crippen LogP contribution in [0.25, 0.3) is 0 Å². The number of rotatable bonds is 18. The molecule has 0 saturated carbocycles. The fraction of sp³-hybridized carbons (Fsp3) is 0.905. The summed E-state index contributed by atoms with van der Waals surface area (Å²) in [7, 11) is 0. The van der Waals surface area contributed by atoms with Crippen molar-refractivity contribution < 1.29 is 26.5 Å². The van der Waals surface area contributed by atoms with E-state index in [0.717, 1.165) is 12.8 Å². The fourth-order valence-corrected chi connectivity index (χ4v) is 2.61. The zero-order valence-electron chi connectivity index (χ0n) is 19.0. The number of hydrogen-bond donors (Lipinski definition) is 0. The molecule has 3 atom stereocenters. The first-order chi connectivity index (χ1) is 13.4. The Bertz CT molecular complexity index is 406. The summed E-state index contributed by atoms with van der Waals surface area (Å²) in [6.45, 7) is 3.58. The van der Waals surface area contributed by atoms with Crippen molar-refractivity contribution in [1.82, 2.24) is 0 Å². The molecule has 0 N–H and O–H groups in total. The summed E-state index contributed by atoms with van der Waals surface area (Å²) in [5.41, 5.74) is 0. The van der Waals surface area contributed by atoms with Gasteiger partial charge in [-0.1, -0.05) is 77.6 Å². The summed E-state index contributed by atoms with van der Waals surface area (Å²) >= 11 is 0. The molecule has 0 radical (unpaired) electrons. The molecule has 0 heterocycles. The summed E-state index contributed by atoms with van der Waals surface area (Å²) < 4.78 is 31.2. The van der Waals surface area contributed by atoms with Gasteiger partial charge in [-0.3, -0.25) is 9.59 Å². The molecule has 26 heavy (non-hydrogen) atoms. The van der Waals surface area contributed by atoms with Crippen molar-refractivity contribution in [3.8, 4) is 0 Å². The summed E-state index contributed by atoms with van der Waals surface area (Å²) in [5, 5.41) is 0. The monoisotopic (exact) mass is 376 g/mol. The van der Waals surface area contributed by atoms with Crippen LogP contribution in [0, 0.1) is 0 Å². The topological polar surface area (TPSA) is 61.8 Å². The largest absolute Gasteiger partial charge is 0.462 e. The smallest absolute Gasteiger partial charge is 0.303 e. The van der Waals surface area contributed by atoms with Gasteiger partial charge in [-0.15, -0.1) is 0 Å². The first-order valence-electron chi connectivity index (χ1n) is 11.3. The molecular formula is C21H40O5. The Morgan fingerprint density at radius 1 is 0.808 bits per heavy atom. The molecule has 0 fully saturated rings. The van der Waals surface area contributed by atoms with Gasteiger partial charge in [0.2, 0.25) is 0 Å². The zero-order valence-corrected chi connectivity index (χ0v) is 17.0. The van der Waals surface area contributed by atoms with Gasteiger partial charge < -0.3 is 14.2 Å². The van der Waals surface area contributed by atoms with Crippen LogP contribution in [0.15, 0.2) is 0 Å². The molecule has 0 rings (SSSR count). The quantitative estimate of drug-likeness (QED) is 0.243. The van der Waals surface area contributed by atoms with Gasteiger partial charge in [0.15, 0.2) is 6.10 Å². The minimum absolute atomic E-state index is 0.0611. The van der Waals surface area contributed by atoms with Crippen LogP contribution in [0.1, 0.15) is 101 Å². The Hall–Kier alpha value is -1.10. The van der Waals surface area contributed by atoms with Crippen LogP contribution in [0.3, 0.4) is 0 Å². The third kappa shape index (κ3) is 19.2. The van der Waals surface area contributed by atoms with Crippen molar-refractivity contribution in [1.29, 1.82) is 0 Å². The van der Waals surface area contributed by atoms with E-state index >= 15 is 0 Å². The molecule has 0 bridgehead atoms. The Labute approximate surface area is 163 Å². The molecule has 0 aliphatic carbocycles. The second-order valence-corrected chi connectivity index (χ2v) is 6.71. The lowest BCUT2D eigenvalue weighted by atomic mass is 10.1. The van der Waals surface area contributed by atoms with Crippen molar-refractivity contribution in [3.63, 3.8) is 0 Å². The molecule has 0 aromatic carbocycles. The number of hydrogen-bond acceptors (Lipinski definition) is 5. The first-order valence-corrected chi connectivity index (χ1v) is 10.1. The third-order valence-electron chi connectivity index (χ3n) is 4.00. The van der Waals surface area contributed by atoms with Gasteiger partial charge in [0.1, 0.15) is 6.61 Å². The highest BCUT2D eigenvalue weighted by atomic mass is 16.6. The van der Waals surface area contributed by atoms with Crippen molar-refractivity contribution in [2.75, 3.05) is 19.8 Å². The van der Waals surface area contributed by atoms with E-state index in [4.69, 9.17) is 17.0 Å². The van der Waals surface area contributed by atoms with Gasteiger partial charge in [-0.25, -0.2) is 0 Å². The lowest BCUT2D eigenvalue weighted by molar-refractivity contribution is -0.159. The SMILES string of the molecule is [3H]C(CCCCCCCCCCCC)C([3H])OC[C@H](COC(C)=O)OC(C)=O. The predicted molar refractivity (Wildman–Crippen MR) is 104 cm³/mol. The molecule has 0 aromatic heterocycles. The van der Waals surface area contributed by atoms with Crippen molar-refractivity contribution >= 4 is 11.9 Å². The van der Waals surface area contributed by atoms with Crippen LogP contribution >= 0.6 is 0 Å². The fourth-order valence-electron chi connectivity index (χ4n) is 2.61. The van der Waals surface area contributed by atoms with Crippen LogP contribution in [-0.4, -0.2) is 37.8 Å². The number of esters is 2. The van der Waals surface area contributed by atoms with Gasteiger partial charge in [-0.2, -0.15) is 0 Å². The van der Waals surface area contributed by atoms with Crippen molar-refractivity contribution in [2.24, 2.45) is 0 Å². The normalized spacial score (nSPS) is 15.5. The van der Waals surface area contributed by atoms with E-state index in [-0.39, 0.29) is 13.2 Å². The molecule has 5 nitrogen and oxygen atoms in total. The molecular weight excluding hydrogens is 332 g/mol. The number of unbranched alkanes of at least 4 members (excludes halogenated alkanes) is 9. The number of carbonyl (C=O) groups excluding carboxylic acids is 2. The van der Waals surface area contributed by atoms with E-state index in [1.807, 2.05) is 0 Å². The van der Waals surface area contributed by atoms with Gasteiger partial charge in [-0.05, 0) is 6.40 Å².